The van der Waals surface area contributed by atoms with E-state index in [2.05, 4.69) is 74.5 Å². The summed E-state index contributed by atoms with van der Waals surface area (Å²) in [5, 5.41) is 4.66. The van der Waals surface area contributed by atoms with Crippen LogP contribution in [-0.2, 0) is 4.57 Å². The Kier molecular flexibility index (Phi) is 7.41. The second-order valence-corrected chi connectivity index (χ2v) is 14.2. The van der Waals surface area contributed by atoms with Crippen molar-refractivity contribution in [3.63, 3.8) is 0 Å². The SMILES string of the molecule is C[C@@H](C[C@H](C)P(=O)(c1ccccc1)c1ccccc1)P(c1ccccc1)c1ccccc1. The Hall–Kier alpha value is -2.46. The minimum Gasteiger partial charge on any atom is -0.313 e. The molecule has 0 aliphatic heterocycles. The lowest BCUT2D eigenvalue weighted by Gasteiger charge is -2.32. The third kappa shape index (κ3) is 4.80. The topological polar surface area (TPSA) is 17.1 Å². The van der Waals surface area contributed by atoms with Gasteiger partial charge >= 0.3 is 0 Å². The number of hydrogen-bond acceptors (Lipinski definition) is 1. The zero-order valence-corrected chi connectivity index (χ0v) is 20.5. The summed E-state index contributed by atoms with van der Waals surface area (Å²) >= 11 is 0. The zero-order valence-electron chi connectivity index (χ0n) is 18.7. The molecule has 2 atom stereocenters. The maximum Gasteiger partial charge on any atom is 0.145 e. The van der Waals surface area contributed by atoms with E-state index in [1.807, 2.05) is 60.7 Å². The molecule has 0 fully saturated rings. The molecule has 162 valence electrons. The quantitative estimate of drug-likeness (QED) is 0.284. The van der Waals surface area contributed by atoms with E-state index in [0.717, 1.165) is 17.0 Å². The second kappa shape index (κ2) is 10.4. The van der Waals surface area contributed by atoms with Crippen LogP contribution in [0.15, 0.2) is 121 Å². The molecule has 0 radical (unpaired) electrons. The van der Waals surface area contributed by atoms with E-state index < -0.39 is 15.1 Å². The first-order valence-electron chi connectivity index (χ1n) is 11.2. The van der Waals surface area contributed by atoms with Gasteiger partial charge in [-0.3, -0.25) is 0 Å². The van der Waals surface area contributed by atoms with Crippen molar-refractivity contribution in [1.82, 2.24) is 0 Å². The summed E-state index contributed by atoms with van der Waals surface area (Å²) in [4.78, 5) is 0. The Morgan fingerprint density at radius 3 is 1.31 bits per heavy atom. The lowest BCUT2D eigenvalue weighted by Crippen LogP contribution is -2.28. The van der Waals surface area contributed by atoms with Gasteiger partial charge in [0.2, 0.25) is 0 Å². The number of hydrogen-bond donors (Lipinski definition) is 0. The molecule has 0 aliphatic rings. The molecule has 0 saturated carbocycles. The van der Waals surface area contributed by atoms with Crippen molar-refractivity contribution in [3.8, 4) is 0 Å². The first-order chi connectivity index (χ1) is 15.6. The maximum absolute atomic E-state index is 14.8. The van der Waals surface area contributed by atoms with Gasteiger partial charge in [-0.25, -0.2) is 0 Å². The molecule has 3 heteroatoms. The van der Waals surface area contributed by atoms with Crippen molar-refractivity contribution >= 4 is 36.3 Å². The van der Waals surface area contributed by atoms with Crippen LogP contribution in [0.4, 0.5) is 0 Å². The lowest BCUT2D eigenvalue weighted by atomic mass is 10.3. The summed E-state index contributed by atoms with van der Waals surface area (Å²) in [5.41, 5.74) is 0.435. The van der Waals surface area contributed by atoms with Crippen molar-refractivity contribution in [2.24, 2.45) is 0 Å². The van der Waals surface area contributed by atoms with E-state index in [0.29, 0.717) is 5.66 Å². The molecule has 0 heterocycles. The van der Waals surface area contributed by atoms with Crippen LogP contribution in [0.1, 0.15) is 20.3 Å². The van der Waals surface area contributed by atoms with Crippen LogP contribution in [0.25, 0.3) is 0 Å². The van der Waals surface area contributed by atoms with Gasteiger partial charge in [0.05, 0.1) is 0 Å². The van der Waals surface area contributed by atoms with Gasteiger partial charge in [-0.2, -0.15) is 0 Å². The molecule has 0 spiro atoms. The van der Waals surface area contributed by atoms with E-state index in [9.17, 15) is 4.57 Å². The standard InChI is InChI=1S/C29H30OP2/c1-24(31(26-15-7-3-8-16-26)27-17-9-4-10-18-27)23-25(2)32(30,28-19-11-5-12-20-28)29-21-13-6-14-22-29/h3-22,24-25H,23H2,1-2H3/t24-,25-/m0/s1. The summed E-state index contributed by atoms with van der Waals surface area (Å²) in [5.74, 6) is 0. The van der Waals surface area contributed by atoms with Gasteiger partial charge in [0.25, 0.3) is 0 Å². The maximum atomic E-state index is 14.8. The smallest absolute Gasteiger partial charge is 0.145 e. The minimum atomic E-state index is -2.78. The third-order valence-electron chi connectivity index (χ3n) is 6.09. The van der Waals surface area contributed by atoms with Crippen LogP contribution in [0, 0.1) is 0 Å². The molecule has 4 rings (SSSR count). The van der Waals surface area contributed by atoms with E-state index in [-0.39, 0.29) is 5.66 Å². The molecule has 1 nitrogen and oxygen atoms in total. The van der Waals surface area contributed by atoms with Crippen molar-refractivity contribution in [3.05, 3.63) is 121 Å². The normalized spacial score (nSPS) is 13.6. The van der Waals surface area contributed by atoms with Gasteiger partial charge < -0.3 is 4.57 Å². The summed E-state index contributed by atoms with van der Waals surface area (Å²) in [6, 6.07) is 41.8. The Morgan fingerprint density at radius 1 is 0.594 bits per heavy atom. The zero-order chi connectivity index (χ0) is 22.4. The van der Waals surface area contributed by atoms with Gasteiger partial charge in [-0.05, 0) is 30.6 Å². The van der Waals surface area contributed by atoms with Gasteiger partial charge in [0.15, 0.2) is 0 Å². The van der Waals surface area contributed by atoms with Gasteiger partial charge in [-0.15, -0.1) is 0 Å². The summed E-state index contributed by atoms with van der Waals surface area (Å²) in [6.45, 7) is 4.52. The van der Waals surface area contributed by atoms with E-state index in [1.54, 1.807) is 0 Å². The Morgan fingerprint density at radius 2 is 0.938 bits per heavy atom. The molecule has 0 aromatic heterocycles. The molecule has 0 unspecified atom stereocenters. The van der Waals surface area contributed by atoms with Gasteiger partial charge in [-0.1, -0.05) is 135 Å². The molecule has 0 amide bonds. The average Bonchev–Trinajstić information content (AvgIpc) is 2.86. The fourth-order valence-electron chi connectivity index (χ4n) is 4.54. The molecule has 0 aliphatic carbocycles. The monoisotopic (exact) mass is 456 g/mol. The summed E-state index contributed by atoms with van der Waals surface area (Å²) in [7, 11) is -3.33. The predicted octanol–water partition coefficient (Wildman–Crippen LogP) is 6.30. The molecule has 0 N–H and O–H groups in total. The largest absolute Gasteiger partial charge is 0.313 e. The molecule has 4 aromatic carbocycles. The highest BCUT2D eigenvalue weighted by Crippen LogP contribution is 2.53. The van der Waals surface area contributed by atoms with Crippen molar-refractivity contribution in [2.75, 3.05) is 0 Å². The molecular weight excluding hydrogens is 426 g/mol. The summed E-state index contributed by atoms with van der Waals surface area (Å²) in [6.07, 6.45) is 0.899. The van der Waals surface area contributed by atoms with Gasteiger partial charge in [0, 0.05) is 16.3 Å². The fraction of sp³-hybridized carbons (Fsp3) is 0.172. The van der Waals surface area contributed by atoms with Crippen LogP contribution in [0.3, 0.4) is 0 Å². The Balaban J connectivity index is 1.71. The third-order valence-corrected chi connectivity index (χ3v) is 12.5. The first kappa shape index (κ1) is 22.7. The first-order valence-corrected chi connectivity index (χ1v) is 14.4. The van der Waals surface area contributed by atoms with Crippen LogP contribution >= 0.6 is 15.1 Å². The highest BCUT2D eigenvalue weighted by Gasteiger charge is 2.36. The molecule has 0 saturated heterocycles. The highest BCUT2D eigenvalue weighted by atomic mass is 31.2. The molecule has 4 aromatic rings. The van der Waals surface area contributed by atoms with Gasteiger partial charge in [0.1, 0.15) is 7.14 Å². The molecule has 32 heavy (non-hydrogen) atoms. The van der Waals surface area contributed by atoms with Crippen LogP contribution in [0.2, 0.25) is 0 Å². The van der Waals surface area contributed by atoms with E-state index in [1.165, 1.54) is 10.6 Å². The minimum absolute atomic E-state index is 0.0414. The number of benzene rings is 4. The van der Waals surface area contributed by atoms with Crippen molar-refractivity contribution in [2.45, 2.75) is 31.6 Å². The molecular formula is C29H30OP2. The summed E-state index contributed by atoms with van der Waals surface area (Å²) < 4.78 is 14.8. The van der Waals surface area contributed by atoms with E-state index in [4.69, 9.17) is 0 Å². The van der Waals surface area contributed by atoms with E-state index >= 15 is 0 Å². The van der Waals surface area contributed by atoms with Crippen molar-refractivity contribution in [1.29, 1.82) is 0 Å². The fourth-order valence-corrected chi connectivity index (χ4v) is 10.7. The average molecular weight is 457 g/mol. The molecule has 0 bridgehead atoms. The second-order valence-electron chi connectivity index (χ2n) is 8.30. The Bertz CT molecular complexity index is 1060. The van der Waals surface area contributed by atoms with Crippen LogP contribution < -0.4 is 21.2 Å². The van der Waals surface area contributed by atoms with Crippen LogP contribution in [0.5, 0.6) is 0 Å². The number of rotatable bonds is 8. The lowest BCUT2D eigenvalue weighted by molar-refractivity contribution is 0.575. The Labute approximate surface area is 193 Å². The predicted molar refractivity (Wildman–Crippen MR) is 142 cm³/mol. The van der Waals surface area contributed by atoms with Crippen LogP contribution in [-0.4, -0.2) is 11.3 Å². The highest BCUT2D eigenvalue weighted by molar-refractivity contribution is 7.79. The van der Waals surface area contributed by atoms with Crippen molar-refractivity contribution < 1.29 is 4.57 Å².